The molecule has 94 valence electrons. The quantitative estimate of drug-likeness (QED) is 0.681. The maximum atomic E-state index is 13.7. The highest BCUT2D eigenvalue weighted by Gasteiger charge is 2.11. The SMILES string of the molecule is C.C=Cc1ccc(-c2ccc(C)c(F)c2F)cc1. The lowest BCUT2D eigenvalue weighted by Gasteiger charge is -2.06. The summed E-state index contributed by atoms with van der Waals surface area (Å²) >= 11 is 0. The van der Waals surface area contributed by atoms with Crippen molar-refractivity contribution >= 4 is 6.08 Å². The second kappa shape index (κ2) is 5.58. The average Bonchev–Trinajstić information content (AvgIpc) is 2.36. The highest BCUT2D eigenvalue weighted by molar-refractivity contribution is 5.66. The molecule has 0 aliphatic rings. The molecule has 0 bridgehead atoms. The fourth-order valence-electron chi connectivity index (χ4n) is 1.67. The van der Waals surface area contributed by atoms with Crippen molar-refractivity contribution in [2.24, 2.45) is 0 Å². The van der Waals surface area contributed by atoms with Gasteiger partial charge in [-0.25, -0.2) is 8.78 Å². The Kier molecular flexibility index (Phi) is 4.38. The van der Waals surface area contributed by atoms with Gasteiger partial charge in [-0.15, -0.1) is 0 Å². The number of rotatable bonds is 2. The van der Waals surface area contributed by atoms with Crippen LogP contribution < -0.4 is 0 Å². The molecule has 0 spiro atoms. The molecule has 0 aromatic heterocycles. The molecule has 0 nitrogen and oxygen atoms in total. The number of hydrogen-bond donors (Lipinski definition) is 0. The lowest BCUT2D eigenvalue weighted by Crippen LogP contribution is -1.92. The molecular weight excluding hydrogens is 230 g/mol. The first-order chi connectivity index (χ1) is 8.13. The third-order valence-electron chi connectivity index (χ3n) is 2.73. The lowest BCUT2D eigenvalue weighted by molar-refractivity contribution is 0.505. The largest absolute Gasteiger partial charge is 0.203 e. The van der Waals surface area contributed by atoms with Crippen LogP contribution >= 0.6 is 0 Å². The predicted octanol–water partition coefficient (Wildman–Crippen LogP) is 5.22. The van der Waals surface area contributed by atoms with Crippen molar-refractivity contribution in [1.82, 2.24) is 0 Å². The van der Waals surface area contributed by atoms with Gasteiger partial charge >= 0.3 is 0 Å². The zero-order valence-electron chi connectivity index (χ0n) is 9.50. The Morgan fingerprint density at radius 2 is 1.56 bits per heavy atom. The topological polar surface area (TPSA) is 0 Å². The van der Waals surface area contributed by atoms with E-state index in [0.717, 1.165) is 5.56 Å². The van der Waals surface area contributed by atoms with E-state index in [1.54, 1.807) is 37.3 Å². The highest BCUT2D eigenvalue weighted by Crippen LogP contribution is 2.26. The van der Waals surface area contributed by atoms with Crippen LogP contribution in [-0.2, 0) is 0 Å². The fraction of sp³-hybridized carbons (Fsp3) is 0.125. The van der Waals surface area contributed by atoms with Crippen LogP contribution in [0.5, 0.6) is 0 Å². The number of hydrogen-bond acceptors (Lipinski definition) is 0. The Balaban J connectivity index is 0.00000162. The van der Waals surface area contributed by atoms with Gasteiger partial charge in [-0.2, -0.15) is 0 Å². The molecule has 0 atom stereocenters. The van der Waals surface area contributed by atoms with Gasteiger partial charge in [0.1, 0.15) is 0 Å². The summed E-state index contributed by atoms with van der Waals surface area (Å²) in [7, 11) is 0. The van der Waals surface area contributed by atoms with Crippen LogP contribution in [0.1, 0.15) is 18.6 Å². The van der Waals surface area contributed by atoms with Gasteiger partial charge in [0.2, 0.25) is 0 Å². The van der Waals surface area contributed by atoms with Crippen LogP contribution in [0.25, 0.3) is 17.2 Å². The van der Waals surface area contributed by atoms with Crippen molar-refractivity contribution in [2.75, 3.05) is 0 Å². The molecule has 18 heavy (non-hydrogen) atoms. The van der Waals surface area contributed by atoms with Crippen molar-refractivity contribution in [2.45, 2.75) is 14.4 Å². The molecule has 0 aliphatic heterocycles. The Morgan fingerprint density at radius 3 is 2.11 bits per heavy atom. The molecule has 2 aromatic carbocycles. The average molecular weight is 246 g/mol. The van der Waals surface area contributed by atoms with Gasteiger partial charge in [0.25, 0.3) is 0 Å². The van der Waals surface area contributed by atoms with Crippen molar-refractivity contribution in [3.05, 3.63) is 65.7 Å². The minimum Gasteiger partial charge on any atom is -0.203 e. The summed E-state index contributed by atoms with van der Waals surface area (Å²) in [6.45, 7) is 5.19. The molecule has 0 saturated carbocycles. The van der Waals surface area contributed by atoms with E-state index in [1.807, 2.05) is 12.1 Å². The summed E-state index contributed by atoms with van der Waals surface area (Å²) in [6, 6.07) is 10.3. The van der Waals surface area contributed by atoms with Crippen molar-refractivity contribution in [3.63, 3.8) is 0 Å². The lowest BCUT2D eigenvalue weighted by atomic mass is 10.0. The van der Waals surface area contributed by atoms with Crippen LogP contribution in [0.4, 0.5) is 8.78 Å². The van der Waals surface area contributed by atoms with E-state index in [-0.39, 0.29) is 13.0 Å². The summed E-state index contributed by atoms with van der Waals surface area (Å²) < 4.78 is 27.2. The monoisotopic (exact) mass is 246 g/mol. The predicted molar refractivity (Wildman–Crippen MR) is 73.4 cm³/mol. The minimum absolute atomic E-state index is 0. The van der Waals surface area contributed by atoms with Gasteiger partial charge in [-0.05, 0) is 23.6 Å². The van der Waals surface area contributed by atoms with Crippen LogP contribution in [-0.4, -0.2) is 0 Å². The third kappa shape index (κ3) is 2.48. The molecule has 0 heterocycles. The Bertz CT molecular complexity index is 554. The summed E-state index contributed by atoms with van der Waals surface area (Å²) in [5.74, 6) is -1.58. The Morgan fingerprint density at radius 1 is 0.944 bits per heavy atom. The number of benzene rings is 2. The normalized spacial score (nSPS) is 9.72. The summed E-state index contributed by atoms with van der Waals surface area (Å²) in [5, 5.41) is 0. The van der Waals surface area contributed by atoms with Gasteiger partial charge in [0.05, 0.1) is 0 Å². The molecule has 0 amide bonds. The van der Waals surface area contributed by atoms with E-state index < -0.39 is 11.6 Å². The van der Waals surface area contributed by atoms with E-state index in [0.29, 0.717) is 11.1 Å². The van der Waals surface area contributed by atoms with E-state index in [9.17, 15) is 8.78 Å². The van der Waals surface area contributed by atoms with Gasteiger partial charge < -0.3 is 0 Å². The van der Waals surface area contributed by atoms with Crippen LogP contribution in [0, 0.1) is 18.6 Å². The molecule has 2 rings (SSSR count). The molecule has 0 unspecified atom stereocenters. The molecule has 0 N–H and O–H groups in total. The first-order valence-electron chi connectivity index (χ1n) is 5.31. The van der Waals surface area contributed by atoms with Gasteiger partial charge in [-0.1, -0.05) is 56.5 Å². The molecule has 0 radical (unpaired) electrons. The minimum atomic E-state index is -0.795. The Hall–Kier alpha value is -1.96. The maximum Gasteiger partial charge on any atom is 0.166 e. The smallest absolute Gasteiger partial charge is 0.166 e. The van der Waals surface area contributed by atoms with E-state index in [4.69, 9.17) is 0 Å². The molecule has 0 aliphatic carbocycles. The van der Waals surface area contributed by atoms with Gasteiger partial charge in [0, 0.05) is 5.56 Å². The van der Waals surface area contributed by atoms with E-state index >= 15 is 0 Å². The van der Waals surface area contributed by atoms with Crippen LogP contribution in [0.3, 0.4) is 0 Å². The van der Waals surface area contributed by atoms with E-state index in [1.165, 1.54) is 0 Å². The number of aryl methyl sites for hydroxylation is 1. The number of halogens is 2. The zero-order chi connectivity index (χ0) is 12.4. The second-order valence-corrected chi connectivity index (χ2v) is 3.88. The van der Waals surface area contributed by atoms with Gasteiger partial charge in [0.15, 0.2) is 11.6 Å². The highest BCUT2D eigenvalue weighted by atomic mass is 19.2. The molecule has 2 heteroatoms. The summed E-state index contributed by atoms with van der Waals surface area (Å²) in [6.07, 6.45) is 1.70. The zero-order valence-corrected chi connectivity index (χ0v) is 9.50. The summed E-state index contributed by atoms with van der Waals surface area (Å²) in [4.78, 5) is 0. The molecule has 0 saturated heterocycles. The first kappa shape index (κ1) is 14.1. The van der Waals surface area contributed by atoms with Crippen LogP contribution in [0.2, 0.25) is 0 Å². The molecule has 0 fully saturated rings. The maximum absolute atomic E-state index is 13.7. The van der Waals surface area contributed by atoms with Gasteiger partial charge in [-0.3, -0.25) is 0 Å². The summed E-state index contributed by atoms with van der Waals surface area (Å²) in [5.41, 5.74) is 2.20. The second-order valence-electron chi connectivity index (χ2n) is 3.88. The third-order valence-corrected chi connectivity index (χ3v) is 2.73. The van der Waals surface area contributed by atoms with Crippen molar-refractivity contribution in [3.8, 4) is 11.1 Å². The van der Waals surface area contributed by atoms with Crippen LogP contribution in [0.15, 0.2) is 43.0 Å². The molecular formula is C16H16F2. The molecule has 2 aromatic rings. The standard InChI is InChI=1S/C15H12F2.CH4/c1-3-11-5-7-12(8-6-11)13-9-4-10(2)14(16)15(13)17;/h3-9H,1H2,2H3;1H4. The first-order valence-corrected chi connectivity index (χ1v) is 5.31. The van der Waals surface area contributed by atoms with Crippen molar-refractivity contribution < 1.29 is 8.78 Å². The Labute approximate surface area is 107 Å². The fourth-order valence-corrected chi connectivity index (χ4v) is 1.67. The van der Waals surface area contributed by atoms with Crippen molar-refractivity contribution in [1.29, 1.82) is 0 Å². The van der Waals surface area contributed by atoms with E-state index in [2.05, 4.69) is 6.58 Å².